The number of benzene rings is 1. The molecule has 1 aromatic carbocycles. The zero-order valence-corrected chi connectivity index (χ0v) is 14.5. The number of nitrogens with zero attached hydrogens (tertiary/aromatic N) is 1. The van der Waals surface area contributed by atoms with Gasteiger partial charge in [0.15, 0.2) is 0 Å². The lowest BCUT2D eigenvalue weighted by Gasteiger charge is -2.33. The van der Waals surface area contributed by atoms with Gasteiger partial charge >= 0.3 is 0 Å². The molecule has 4 nitrogen and oxygen atoms in total. The van der Waals surface area contributed by atoms with Crippen LogP contribution in [0.25, 0.3) is 0 Å². The zero-order valence-electron chi connectivity index (χ0n) is 12.9. The topological polar surface area (TPSA) is 49.4 Å². The van der Waals surface area contributed by atoms with Crippen molar-refractivity contribution < 1.29 is 12.8 Å². The Morgan fingerprint density at radius 3 is 2.86 bits per heavy atom. The molecule has 2 rings (SSSR count). The summed E-state index contributed by atoms with van der Waals surface area (Å²) in [5.41, 5.74) is 1.12. The van der Waals surface area contributed by atoms with Gasteiger partial charge in [-0.1, -0.05) is 17.7 Å². The smallest absolute Gasteiger partial charge is 0.208 e. The summed E-state index contributed by atoms with van der Waals surface area (Å²) in [6, 6.07) is 3.40. The normalized spacial score (nSPS) is 20.3. The predicted molar refractivity (Wildman–Crippen MR) is 87.0 cm³/mol. The van der Waals surface area contributed by atoms with Crippen LogP contribution < -0.4 is 4.72 Å². The fourth-order valence-corrected chi connectivity index (χ4v) is 3.56. The number of likely N-dealkylation sites (tertiary alicyclic amines) is 1. The molecule has 0 amide bonds. The number of rotatable bonds is 5. The number of hydrogen-bond acceptors (Lipinski definition) is 3. The van der Waals surface area contributed by atoms with Gasteiger partial charge in [-0.2, -0.15) is 0 Å². The first-order chi connectivity index (χ1) is 10.3. The van der Waals surface area contributed by atoms with Crippen molar-refractivity contribution in [1.82, 2.24) is 9.62 Å². The first kappa shape index (κ1) is 17.7. The standard InChI is InChI=1S/C15H22ClFN2O2S/c1-11-5-6-14(16)13(15(11)17)10-19-7-3-4-12(9-19)8-18-22(2,20)21/h5-6,12,18H,3-4,7-10H2,1-2H3/t12-/m0/s1. The van der Waals surface area contributed by atoms with E-state index in [0.29, 0.717) is 29.2 Å². The Morgan fingerprint density at radius 1 is 1.45 bits per heavy atom. The minimum Gasteiger partial charge on any atom is -0.299 e. The maximum absolute atomic E-state index is 14.2. The van der Waals surface area contributed by atoms with Gasteiger partial charge in [0.2, 0.25) is 10.0 Å². The first-order valence-electron chi connectivity index (χ1n) is 7.36. The number of sulfonamides is 1. The number of halogens is 2. The van der Waals surface area contributed by atoms with Crippen molar-refractivity contribution in [1.29, 1.82) is 0 Å². The van der Waals surface area contributed by atoms with Gasteiger partial charge in [-0.25, -0.2) is 17.5 Å². The van der Waals surface area contributed by atoms with E-state index in [4.69, 9.17) is 11.6 Å². The van der Waals surface area contributed by atoms with Gasteiger partial charge in [0.1, 0.15) is 5.82 Å². The summed E-state index contributed by atoms with van der Waals surface area (Å²) in [6.07, 6.45) is 3.11. The van der Waals surface area contributed by atoms with Crippen molar-refractivity contribution in [3.05, 3.63) is 34.1 Å². The highest BCUT2D eigenvalue weighted by atomic mass is 35.5. The molecule has 1 fully saturated rings. The molecular formula is C15H22ClFN2O2S. The van der Waals surface area contributed by atoms with Crippen molar-refractivity contribution in [3.63, 3.8) is 0 Å². The summed E-state index contributed by atoms with van der Waals surface area (Å²) in [4.78, 5) is 2.14. The molecule has 22 heavy (non-hydrogen) atoms. The second-order valence-corrected chi connectivity index (χ2v) is 8.26. The van der Waals surface area contributed by atoms with Crippen LogP contribution in [0.5, 0.6) is 0 Å². The summed E-state index contributed by atoms with van der Waals surface area (Å²) < 4.78 is 39.1. The number of nitrogens with one attached hydrogen (secondary N) is 1. The fourth-order valence-electron chi connectivity index (χ4n) is 2.81. The summed E-state index contributed by atoms with van der Waals surface area (Å²) in [5.74, 6) is -0.000921. The molecule has 0 aliphatic carbocycles. The summed E-state index contributed by atoms with van der Waals surface area (Å²) in [5, 5.41) is 0.444. The molecular weight excluding hydrogens is 327 g/mol. The Labute approximate surface area is 136 Å². The molecule has 1 aliphatic rings. The molecule has 0 unspecified atom stereocenters. The number of piperidine rings is 1. The lowest BCUT2D eigenvalue weighted by molar-refractivity contribution is 0.167. The number of aryl methyl sites for hydroxylation is 1. The van der Waals surface area contributed by atoms with E-state index in [9.17, 15) is 12.8 Å². The van der Waals surface area contributed by atoms with Crippen molar-refractivity contribution >= 4 is 21.6 Å². The van der Waals surface area contributed by atoms with E-state index in [1.807, 2.05) is 0 Å². The van der Waals surface area contributed by atoms with Crippen LogP contribution in [0.2, 0.25) is 5.02 Å². The third-order valence-corrected chi connectivity index (χ3v) is 5.04. The lowest BCUT2D eigenvalue weighted by Crippen LogP contribution is -2.40. The van der Waals surface area contributed by atoms with Gasteiger partial charge in [-0.05, 0) is 43.9 Å². The molecule has 1 N–H and O–H groups in total. The van der Waals surface area contributed by atoms with Gasteiger partial charge < -0.3 is 0 Å². The van der Waals surface area contributed by atoms with Crippen molar-refractivity contribution in [2.45, 2.75) is 26.3 Å². The second-order valence-electron chi connectivity index (χ2n) is 6.02. The van der Waals surface area contributed by atoms with E-state index in [0.717, 1.165) is 32.2 Å². The zero-order chi connectivity index (χ0) is 16.3. The van der Waals surface area contributed by atoms with Gasteiger partial charge in [0, 0.05) is 30.2 Å². The SMILES string of the molecule is Cc1ccc(Cl)c(CN2CCC[C@@H](CNS(C)(=O)=O)C2)c1F. The lowest BCUT2D eigenvalue weighted by atomic mass is 9.97. The summed E-state index contributed by atoms with van der Waals surface area (Å²) in [6.45, 7) is 4.23. The molecule has 0 bridgehead atoms. The average Bonchev–Trinajstić information content (AvgIpc) is 2.45. The van der Waals surface area contributed by atoms with Gasteiger partial charge in [-0.3, -0.25) is 4.90 Å². The molecule has 1 saturated heterocycles. The summed E-state index contributed by atoms with van der Waals surface area (Å²) >= 11 is 6.12. The van der Waals surface area contributed by atoms with E-state index in [1.165, 1.54) is 0 Å². The average molecular weight is 349 g/mol. The third kappa shape index (κ3) is 4.91. The first-order valence-corrected chi connectivity index (χ1v) is 9.63. The maximum Gasteiger partial charge on any atom is 0.208 e. The fraction of sp³-hybridized carbons (Fsp3) is 0.600. The van der Waals surface area contributed by atoms with E-state index < -0.39 is 10.0 Å². The minimum atomic E-state index is -3.17. The molecule has 0 radical (unpaired) electrons. The van der Waals surface area contributed by atoms with Crippen LogP contribution in [-0.2, 0) is 16.6 Å². The number of hydrogen-bond donors (Lipinski definition) is 1. The molecule has 7 heteroatoms. The highest BCUT2D eigenvalue weighted by molar-refractivity contribution is 7.88. The van der Waals surface area contributed by atoms with Crippen LogP contribution in [0.3, 0.4) is 0 Å². The minimum absolute atomic E-state index is 0.245. The Balaban J connectivity index is 2.00. The largest absolute Gasteiger partial charge is 0.299 e. The van der Waals surface area contributed by atoms with Gasteiger partial charge in [0.25, 0.3) is 0 Å². The third-order valence-electron chi connectivity index (χ3n) is 4.00. The highest BCUT2D eigenvalue weighted by Crippen LogP contribution is 2.26. The van der Waals surface area contributed by atoms with Crippen LogP contribution >= 0.6 is 11.6 Å². The molecule has 0 spiro atoms. The molecule has 0 aromatic heterocycles. The van der Waals surface area contributed by atoms with Crippen molar-refractivity contribution in [2.75, 3.05) is 25.9 Å². The highest BCUT2D eigenvalue weighted by Gasteiger charge is 2.22. The van der Waals surface area contributed by atoms with Crippen molar-refractivity contribution in [3.8, 4) is 0 Å². The maximum atomic E-state index is 14.2. The van der Waals surface area contributed by atoms with Gasteiger partial charge in [-0.15, -0.1) is 0 Å². The monoisotopic (exact) mass is 348 g/mol. The van der Waals surface area contributed by atoms with Crippen LogP contribution in [0.15, 0.2) is 12.1 Å². The van der Waals surface area contributed by atoms with E-state index in [2.05, 4.69) is 9.62 Å². The molecule has 124 valence electrons. The van der Waals surface area contributed by atoms with E-state index >= 15 is 0 Å². The molecule has 1 atom stereocenters. The van der Waals surface area contributed by atoms with E-state index in [-0.39, 0.29) is 11.7 Å². The van der Waals surface area contributed by atoms with Crippen LogP contribution in [-0.4, -0.2) is 39.2 Å². The Morgan fingerprint density at radius 2 is 2.18 bits per heavy atom. The van der Waals surface area contributed by atoms with Gasteiger partial charge in [0.05, 0.1) is 6.26 Å². The summed E-state index contributed by atoms with van der Waals surface area (Å²) in [7, 11) is -3.17. The van der Waals surface area contributed by atoms with Crippen LogP contribution in [0.4, 0.5) is 4.39 Å². The Bertz CT molecular complexity index is 637. The molecule has 1 aromatic rings. The molecule has 0 saturated carbocycles. The predicted octanol–water partition coefficient (Wildman–Crippen LogP) is 2.55. The Kier molecular flexibility index (Phi) is 5.82. The molecule has 1 aliphatic heterocycles. The quantitative estimate of drug-likeness (QED) is 0.889. The van der Waals surface area contributed by atoms with Crippen LogP contribution in [0.1, 0.15) is 24.0 Å². The van der Waals surface area contributed by atoms with Crippen molar-refractivity contribution in [2.24, 2.45) is 5.92 Å². The van der Waals surface area contributed by atoms with Crippen LogP contribution in [0, 0.1) is 18.7 Å². The Hall–Kier alpha value is -0.690. The van der Waals surface area contributed by atoms with E-state index in [1.54, 1.807) is 19.1 Å². The molecule has 1 heterocycles. The second kappa shape index (κ2) is 7.25.